The fraction of sp³-hybridized carbons (Fsp3) is 0.625. The summed E-state index contributed by atoms with van der Waals surface area (Å²) in [6, 6.07) is 5.91. The van der Waals surface area contributed by atoms with Crippen LogP contribution in [0.15, 0.2) is 18.2 Å². The Morgan fingerprint density at radius 3 is 2.30 bits per heavy atom. The molecule has 0 aliphatic carbocycles. The highest BCUT2D eigenvalue weighted by Crippen LogP contribution is 2.29. The molecule has 0 saturated carbocycles. The molecule has 1 aromatic carbocycles. The van der Waals surface area contributed by atoms with Gasteiger partial charge in [-0.05, 0) is 52.3 Å². The van der Waals surface area contributed by atoms with Crippen molar-refractivity contribution in [3.05, 3.63) is 28.8 Å². The fourth-order valence-corrected chi connectivity index (χ4v) is 1.96. The van der Waals surface area contributed by atoms with Crippen LogP contribution in [0.4, 0.5) is 5.69 Å². The maximum absolute atomic E-state index is 9.55. The molecular formula is C16H27ClN2O. The van der Waals surface area contributed by atoms with Crippen LogP contribution in [0.5, 0.6) is 0 Å². The van der Waals surface area contributed by atoms with Gasteiger partial charge in [-0.15, -0.1) is 0 Å². The first kappa shape index (κ1) is 17.3. The van der Waals surface area contributed by atoms with Gasteiger partial charge in [-0.25, -0.2) is 0 Å². The largest absolute Gasteiger partial charge is 0.394 e. The van der Waals surface area contributed by atoms with E-state index < -0.39 is 0 Å². The first-order valence-corrected chi connectivity index (χ1v) is 7.33. The van der Waals surface area contributed by atoms with Gasteiger partial charge in [0.1, 0.15) is 0 Å². The molecule has 20 heavy (non-hydrogen) atoms. The minimum absolute atomic E-state index is 0.0575. The quantitative estimate of drug-likeness (QED) is 0.874. The molecule has 4 heteroatoms. The standard InChI is InChI=1S/C16H27ClN2O/c1-15(2,3)18-10-12-7-8-13(17)9-14(12)19(6)16(4,5)11-20/h7-9,18,20H,10-11H2,1-6H3. The molecule has 0 radical (unpaired) electrons. The Morgan fingerprint density at radius 2 is 1.80 bits per heavy atom. The van der Waals surface area contributed by atoms with Crippen molar-refractivity contribution in [3.8, 4) is 0 Å². The zero-order chi connectivity index (χ0) is 15.6. The van der Waals surface area contributed by atoms with Crippen LogP contribution in [0.25, 0.3) is 0 Å². The van der Waals surface area contributed by atoms with E-state index in [-0.39, 0.29) is 17.7 Å². The van der Waals surface area contributed by atoms with Crippen molar-refractivity contribution in [2.45, 2.75) is 52.2 Å². The summed E-state index contributed by atoms with van der Waals surface area (Å²) >= 11 is 6.13. The average molecular weight is 299 g/mol. The molecule has 0 spiro atoms. The number of rotatable bonds is 5. The van der Waals surface area contributed by atoms with Gasteiger partial charge < -0.3 is 15.3 Å². The summed E-state index contributed by atoms with van der Waals surface area (Å²) in [7, 11) is 1.99. The molecule has 0 aliphatic rings. The number of anilines is 1. The SMILES string of the molecule is CN(c1cc(Cl)ccc1CNC(C)(C)C)C(C)(C)CO. The van der Waals surface area contributed by atoms with E-state index >= 15 is 0 Å². The second kappa shape index (κ2) is 6.33. The number of nitrogens with one attached hydrogen (secondary N) is 1. The van der Waals surface area contributed by atoms with Gasteiger partial charge in [-0.1, -0.05) is 17.7 Å². The van der Waals surface area contributed by atoms with E-state index in [1.165, 1.54) is 5.56 Å². The van der Waals surface area contributed by atoms with Gasteiger partial charge in [0.2, 0.25) is 0 Å². The molecule has 3 nitrogen and oxygen atoms in total. The van der Waals surface area contributed by atoms with Crippen LogP contribution >= 0.6 is 11.6 Å². The van der Waals surface area contributed by atoms with Gasteiger partial charge in [-0.2, -0.15) is 0 Å². The number of halogens is 1. The van der Waals surface area contributed by atoms with Gasteiger partial charge in [0.25, 0.3) is 0 Å². The van der Waals surface area contributed by atoms with E-state index in [0.29, 0.717) is 5.02 Å². The first-order valence-electron chi connectivity index (χ1n) is 6.95. The van der Waals surface area contributed by atoms with Crippen LogP contribution in [0.1, 0.15) is 40.2 Å². The molecule has 0 fully saturated rings. The summed E-state index contributed by atoms with van der Waals surface area (Å²) in [5, 5.41) is 13.8. The predicted octanol–water partition coefficient (Wildman–Crippen LogP) is 3.44. The van der Waals surface area contributed by atoms with Crippen molar-refractivity contribution in [3.63, 3.8) is 0 Å². The predicted molar refractivity (Wildman–Crippen MR) is 87.6 cm³/mol. The smallest absolute Gasteiger partial charge is 0.0658 e. The Kier molecular flexibility index (Phi) is 5.47. The maximum Gasteiger partial charge on any atom is 0.0658 e. The second-order valence-electron chi connectivity index (χ2n) is 6.91. The monoisotopic (exact) mass is 298 g/mol. The van der Waals surface area contributed by atoms with Gasteiger partial charge in [-0.3, -0.25) is 0 Å². The third-order valence-corrected chi connectivity index (χ3v) is 3.75. The molecule has 0 bridgehead atoms. The molecule has 0 unspecified atom stereocenters. The molecule has 1 rings (SSSR count). The lowest BCUT2D eigenvalue weighted by atomic mass is 10.0. The minimum Gasteiger partial charge on any atom is -0.394 e. The van der Waals surface area contributed by atoms with Crippen LogP contribution in [0.3, 0.4) is 0 Å². The van der Waals surface area contributed by atoms with Crippen LogP contribution in [0, 0.1) is 0 Å². The molecule has 2 N–H and O–H groups in total. The van der Waals surface area contributed by atoms with Gasteiger partial charge in [0, 0.05) is 29.8 Å². The van der Waals surface area contributed by atoms with E-state index in [2.05, 4.69) is 31.0 Å². The Morgan fingerprint density at radius 1 is 1.20 bits per heavy atom. The fourth-order valence-electron chi connectivity index (χ4n) is 1.79. The molecular weight excluding hydrogens is 272 g/mol. The molecule has 0 amide bonds. The highest BCUT2D eigenvalue weighted by molar-refractivity contribution is 6.30. The maximum atomic E-state index is 9.55. The molecule has 0 atom stereocenters. The zero-order valence-electron chi connectivity index (χ0n) is 13.4. The van der Waals surface area contributed by atoms with Crippen molar-refractivity contribution in [2.24, 2.45) is 0 Å². The summed E-state index contributed by atoms with van der Waals surface area (Å²) in [5.74, 6) is 0. The zero-order valence-corrected chi connectivity index (χ0v) is 14.2. The van der Waals surface area contributed by atoms with E-state index in [1.54, 1.807) is 0 Å². The highest BCUT2D eigenvalue weighted by atomic mass is 35.5. The van der Waals surface area contributed by atoms with E-state index in [4.69, 9.17) is 11.6 Å². The lowest BCUT2D eigenvalue weighted by Crippen LogP contribution is -2.45. The number of benzene rings is 1. The van der Waals surface area contributed by atoms with Crippen LogP contribution in [-0.2, 0) is 6.54 Å². The lowest BCUT2D eigenvalue weighted by molar-refractivity contribution is 0.216. The summed E-state index contributed by atoms with van der Waals surface area (Å²) in [4.78, 5) is 2.08. The summed E-state index contributed by atoms with van der Waals surface area (Å²) in [5.41, 5.74) is 1.95. The summed E-state index contributed by atoms with van der Waals surface area (Å²) in [6.45, 7) is 11.3. The number of nitrogens with zero attached hydrogens (tertiary/aromatic N) is 1. The normalized spacial score (nSPS) is 12.6. The number of hydrogen-bond acceptors (Lipinski definition) is 3. The summed E-state index contributed by atoms with van der Waals surface area (Å²) < 4.78 is 0. The van der Waals surface area contributed by atoms with Crippen LogP contribution in [0.2, 0.25) is 5.02 Å². The van der Waals surface area contributed by atoms with Gasteiger partial charge in [0.15, 0.2) is 0 Å². The third-order valence-electron chi connectivity index (χ3n) is 3.51. The molecule has 0 saturated heterocycles. The highest BCUT2D eigenvalue weighted by Gasteiger charge is 2.25. The topological polar surface area (TPSA) is 35.5 Å². The van der Waals surface area contributed by atoms with Crippen molar-refractivity contribution in [1.82, 2.24) is 5.32 Å². The second-order valence-corrected chi connectivity index (χ2v) is 7.34. The van der Waals surface area contributed by atoms with Crippen LogP contribution in [-0.4, -0.2) is 29.8 Å². The molecule has 0 aliphatic heterocycles. The van der Waals surface area contributed by atoms with Crippen molar-refractivity contribution in [2.75, 3.05) is 18.6 Å². The van der Waals surface area contributed by atoms with E-state index in [9.17, 15) is 5.11 Å². The molecule has 114 valence electrons. The van der Waals surface area contributed by atoms with Crippen molar-refractivity contribution < 1.29 is 5.11 Å². The summed E-state index contributed by atoms with van der Waals surface area (Å²) in [6.07, 6.45) is 0. The number of aliphatic hydroxyl groups excluding tert-OH is 1. The van der Waals surface area contributed by atoms with Crippen molar-refractivity contribution >= 4 is 17.3 Å². The molecule has 0 heterocycles. The minimum atomic E-state index is -0.332. The van der Waals surface area contributed by atoms with Crippen LogP contribution < -0.4 is 10.2 Å². The lowest BCUT2D eigenvalue weighted by Gasteiger charge is -2.37. The molecule has 1 aromatic rings. The number of likely N-dealkylation sites (N-methyl/N-ethyl adjacent to an activating group) is 1. The number of hydrogen-bond donors (Lipinski definition) is 2. The Hall–Kier alpha value is -0.770. The van der Waals surface area contributed by atoms with Gasteiger partial charge >= 0.3 is 0 Å². The van der Waals surface area contributed by atoms with E-state index in [0.717, 1.165) is 12.2 Å². The number of aliphatic hydroxyl groups is 1. The van der Waals surface area contributed by atoms with E-state index in [1.807, 2.05) is 39.1 Å². The first-order chi connectivity index (χ1) is 9.07. The Bertz CT molecular complexity index is 452. The Balaban J connectivity index is 3.08. The average Bonchev–Trinajstić information content (AvgIpc) is 2.35. The van der Waals surface area contributed by atoms with Gasteiger partial charge in [0.05, 0.1) is 12.1 Å². The van der Waals surface area contributed by atoms with Crippen molar-refractivity contribution in [1.29, 1.82) is 0 Å². The molecule has 0 aromatic heterocycles. The Labute approximate surface area is 127 Å². The third kappa shape index (κ3) is 4.65.